The fraction of sp³-hybridized carbons (Fsp3) is 0.500. The van der Waals surface area contributed by atoms with Crippen molar-refractivity contribution in [1.82, 2.24) is 0 Å². The molecule has 1 N–H and O–H groups in total. The lowest BCUT2D eigenvalue weighted by Gasteiger charge is -2.09. The summed E-state index contributed by atoms with van der Waals surface area (Å²) in [6.07, 6.45) is 4.50. The molecule has 2 atom stereocenters. The molecule has 0 fully saturated rings. The molecule has 0 saturated carbocycles. The zero-order valence-electron chi connectivity index (χ0n) is 5.67. The minimum atomic E-state index is -0.262. The highest BCUT2D eigenvalue weighted by molar-refractivity contribution is 5.25. The predicted octanol–water partition coefficient (Wildman–Crippen LogP) is 1.50. The van der Waals surface area contributed by atoms with Gasteiger partial charge in [-0.25, -0.2) is 0 Å². The summed E-state index contributed by atoms with van der Waals surface area (Å²) in [5, 5.41) is 9.32. The van der Waals surface area contributed by atoms with Gasteiger partial charge in [0.15, 0.2) is 0 Å². The van der Waals surface area contributed by atoms with E-state index < -0.39 is 0 Å². The van der Waals surface area contributed by atoms with E-state index in [0.717, 1.165) is 12.0 Å². The third kappa shape index (κ3) is 1.06. The van der Waals surface area contributed by atoms with Crippen LogP contribution in [0.4, 0.5) is 0 Å². The van der Waals surface area contributed by atoms with E-state index in [0.29, 0.717) is 5.92 Å². The van der Waals surface area contributed by atoms with Crippen LogP contribution in [0.2, 0.25) is 0 Å². The quantitative estimate of drug-likeness (QED) is 0.561. The van der Waals surface area contributed by atoms with Crippen LogP contribution in [0.3, 0.4) is 0 Å². The van der Waals surface area contributed by atoms with Gasteiger partial charge in [-0.2, -0.15) is 0 Å². The molecule has 9 heavy (non-hydrogen) atoms. The lowest BCUT2D eigenvalue weighted by atomic mass is 10.1. The summed E-state index contributed by atoms with van der Waals surface area (Å²) < 4.78 is 0. The van der Waals surface area contributed by atoms with Crippen LogP contribution in [0.15, 0.2) is 24.3 Å². The number of aliphatic hydroxyl groups excluding tert-OH is 1. The number of hydrogen-bond acceptors (Lipinski definition) is 1. The second kappa shape index (κ2) is 2.36. The highest BCUT2D eigenvalue weighted by atomic mass is 16.3. The first kappa shape index (κ1) is 6.56. The SMILES string of the molecule is C=CC1=CC[C@@H](C)[C@@H]1O. The van der Waals surface area contributed by atoms with Crippen LogP contribution >= 0.6 is 0 Å². The van der Waals surface area contributed by atoms with E-state index >= 15 is 0 Å². The van der Waals surface area contributed by atoms with Crippen molar-refractivity contribution in [3.05, 3.63) is 24.3 Å². The summed E-state index contributed by atoms with van der Waals surface area (Å²) >= 11 is 0. The maximum atomic E-state index is 9.32. The Morgan fingerprint density at radius 2 is 2.56 bits per heavy atom. The van der Waals surface area contributed by atoms with Gasteiger partial charge in [-0.3, -0.25) is 0 Å². The predicted molar refractivity (Wildman–Crippen MR) is 38.1 cm³/mol. The van der Waals surface area contributed by atoms with Gasteiger partial charge in [0.05, 0.1) is 6.10 Å². The van der Waals surface area contributed by atoms with E-state index in [9.17, 15) is 5.11 Å². The Balaban J connectivity index is 2.66. The lowest BCUT2D eigenvalue weighted by Crippen LogP contribution is -2.12. The summed E-state index contributed by atoms with van der Waals surface area (Å²) in [6.45, 7) is 5.64. The van der Waals surface area contributed by atoms with Crippen molar-refractivity contribution in [3.63, 3.8) is 0 Å². The maximum absolute atomic E-state index is 9.32. The smallest absolute Gasteiger partial charge is 0.0815 e. The van der Waals surface area contributed by atoms with Crippen molar-refractivity contribution in [2.45, 2.75) is 19.4 Å². The molecule has 50 valence electrons. The Kier molecular flexibility index (Phi) is 1.72. The molecule has 0 aromatic carbocycles. The van der Waals surface area contributed by atoms with Gasteiger partial charge in [0.25, 0.3) is 0 Å². The second-order valence-electron chi connectivity index (χ2n) is 2.57. The van der Waals surface area contributed by atoms with Crippen LogP contribution in [0.1, 0.15) is 13.3 Å². The Bertz CT molecular complexity index is 147. The Hall–Kier alpha value is -0.560. The summed E-state index contributed by atoms with van der Waals surface area (Å²) in [7, 11) is 0. The van der Waals surface area contributed by atoms with Crippen LogP contribution in [-0.4, -0.2) is 11.2 Å². The number of allylic oxidation sites excluding steroid dienone is 1. The van der Waals surface area contributed by atoms with Crippen molar-refractivity contribution in [2.75, 3.05) is 0 Å². The Labute approximate surface area is 55.7 Å². The number of aliphatic hydroxyl groups is 1. The van der Waals surface area contributed by atoms with Crippen molar-refractivity contribution in [3.8, 4) is 0 Å². The summed E-state index contributed by atoms with van der Waals surface area (Å²) in [6, 6.07) is 0. The van der Waals surface area contributed by atoms with Gasteiger partial charge in [0, 0.05) is 0 Å². The molecule has 0 amide bonds. The fourth-order valence-corrected chi connectivity index (χ4v) is 1.10. The molecule has 0 radical (unpaired) electrons. The highest BCUT2D eigenvalue weighted by Crippen LogP contribution is 2.24. The van der Waals surface area contributed by atoms with Crippen LogP contribution in [-0.2, 0) is 0 Å². The molecule has 1 rings (SSSR count). The van der Waals surface area contributed by atoms with Gasteiger partial charge in [0.2, 0.25) is 0 Å². The first-order valence-electron chi connectivity index (χ1n) is 3.26. The fourth-order valence-electron chi connectivity index (χ4n) is 1.10. The van der Waals surface area contributed by atoms with Gasteiger partial charge in [-0.05, 0) is 17.9 Å². The highest BCUT2D eigenvalue weighted by Gasteiger charge is 2.21. The Morgan fingerprint density at radius 1 is 1.89 bits per heavy atom. The minimum absolute atomic E-state index is 0.262. The van der Waals surface area contributed by atoms with E-state index in [2.05, 4.69) is 6.58 Å². The molecule has 1 aliphatic rings. The second-order valence-corrected chi connectivity index (χ2v) is 2.57. The molecular formula is C8H12O. The molecule has 0 aromatic heterocycles. The summed E-state index contributed by atoms with van der Waals surface area (Å²) in [5.74, 6) is 0.387. The molecule has 1 heteroatoms. The molecule has 1 nitrogen and oxygen atoms in total. The molecule has 0 heterocycles. The maximum Gasteiger partial charge on any atom is 0.0815 e. The number of rotatable bonds is 1. The topological polar surface area (TPSA) is 20.2 Å². The van der Waals surface area contributed by atoms with Gasteiger partial charge in [-0.15, -0.1) is 0 Å². The lowest BCUT2D eigenvalue weighted by molar-refractivity contribution is 0.168. The van der Waals surface area contributed by atoms with Crippen molar-refractivity contribution >= 4 is 0 Å². The largest absolute Gasteiger partial charge is 0.388 e. The zero-order valence-corrected chi connectivity index (χ0v) is 5.67. The van der Waals surface area contributed by atoms with E-state index in [-0.39, 0.29) is 6.10 Å². The molecule has 0 spiro atoms. The summed E-state index contributed by atoms with van der Waals surface area (Å²) in [5.41, 5.74) is 0.988. The average molecular weight is 124 g/mol. The monoisotopic (exact) mass is 124 g/mol. The molecule has 0 aliphatic heterocycles. The normalized spacial score (nSPS) is 34.2. The molecule has 0 bridgehead atoms. The van der Waals surface area contributed by atoms with Gasteiger partial charge in [-0.1, -0.05) is 25.7 Å². The van der Waals surface area contributed by atoms with Crippen molar-refractivity contribution < 1.29 is 5.11 Å². The molecule has 1 aliphatic carbocycles. The minimum Gasteiger partial charge on any atom is -0.388 e. The van der Waals surface area contributed by atoms with Crippen LogP contribution in [0, 0.1) is 5.92 Å². The van der Waals surface area contributed by atoms with E-state index in [1.165, 1.54) is 0 Å². The van der Waals surface area contributed by atoms with Crippen LogP contribution < -0.4 is 0 Å². The van der Waals surface area contributed by atoms with Crippen molar-refractivity contribution in [2.24, 2.45) is 5.92 Å². The summed E-state index contributed by atoms with van der Waals surface area (Å²) in [4.78, 5) is 0. The molecule has 0 saturated heterocycles. The van der Waals surface area contributed by atoms with Crippen LogP contribution in [0.25, 0.3) is 0 Å². The van der Waals surface area contributed by atoms with E-state index in [1.54, 1.807) is 6.08 Å². The van der Waals surface area contributed by atoms with Gasteiger partial charge < -0.3 is 5.11 Å². The van der Waals surface area contributed by atoms with Gasteiger partial charge in [0.1, 0.15) is 0 Å². The first-order chi connectivity index (χ1) is 4.25. The van der Waals surface area contributed by atoms with E-state index in [1.807, 2.05) is 13.0 Å². The standard InChI is InChI=1S/C8H12O/c1-3-7-5-4-6(2)8(7)9/h3,5-6,8-9H,1,4H2,2H3/t6-,8+/m1/s1. The average Bonchev–Trinajstić information content (AvgIpc) is 2.15. The van der Waals surface area contributed by atoms with Crippen LogP contribution in [0.5, 0.6) is 0 Å². The zero-order chi connectivity index (χ0) is 6.85. The first-order valence-corrected chi connectivity index (χ1v) is 3.26. The van der Waals surface area contributed by atoms with Crippen molar-refractivity contribution in [1.29, 1.82) is 0 Å². The number of hydrogen-bond donors (Lipinski definition) is 1. The molecular weight excluding hydrogens is 112 g/mol. The van der Waals surface area contributed by atoms with Gasteiger partial charge >= 0.3 is 0 Å². The Morgan fingerprint density at radius 3 is 2.78 bits per heavy atom. The molecule has 0 aromatic rings. The molecule has 0 unspecified atom stereocenters. The third-order valence-corrected chi connectivity index (χ3v) is 1.84. The van der Waals surface area contributed by atoms with E-state index in [4.69, 9.17) is 0 Å². The third-order valence-electron chi connectivity index (χ3n) is 1.84.